The molecule has 1 heterocycles. The third-order valence-corrected chi connectivity index (χ3v) is 2.65. The summed E-state index contributed by atoms with van der Waals surface area (Å²) in [7, 11) is 0. The number of carbonyl (C=O) groups excluding carboxylic acids is 1. The Morgan fingerprint density at radius 1 is 1.44 bits per heavy atom. The maximum absolute atomic E-state index is 11.6. The number of aromatic amines is 1. The minimum atomic E-state index is 0.114. The van der Waals surface area contributed by atoms with Crippen molar-refractivity contribution in [1.29, 1.82) is 0 Å². The minimum Gasteiger partial charge on any atom is -0.362 e. The summed E-state index contributed by atoms with van der Waals surface area (Å²) in [6, 6.07) is 2.04. The number of aryl methyl sites for hydroxylation is 2. The third kappa shape index (κ3) is 4.09. The van der Waals surface area contributed by atoms with Crippen LogP contribution in [0.1, 0.15) is 37.2 Å². The first-order valence-electron chi connectivity index (χ1n) is 5.91. The molecule has 1 aromatic heterocycles. The van der Waals surface area contributed by atoms with E-state index in [2.05, 4.69) is 24.1 Å². The van der Waals surface area contributed by atoms with Gasteiger partial charge in [-0.3, -0.25) is 4.79 Å². The van der Waals surface area contributed by atoms with Crippen LogP contribution in [-0.2, 0) is 11.2 Å². The molecule has 0 aliphatic carbocycles. The Labute approximate surface area is 97.6 Å². The predicted octanol–water partition coefficient (Wildman–Crippen LogP) is 2.34. The van der Waals surface area contributed by atoms with Crippen LogP contribution in [0.2, 0.25) is 0 Å². The first-order valence-corrected chi connectivity index (χ1v) is 5.91. The molecule has 3 nitrogen and oxygen atoms in total. The molecular weight excluding hydrogens is 200 g/mol. The average molecular weight is 222 g/mol. The fraction of sp³-hybridized carbons (Fsp3) is 0.615. The van der Waals surface area contributed by atoms with E-state index < -0.39 is 0 Å². The Morgan fingerprint density at radius 2 is 2.12 bits per heavy atom. The van der Waals surface area contributed by atoms with E-state index in [1.54, 1.807) is 0 Å². The van der Waals surface area contributed by atoms with Crippen LogP contribution in [0.5, 0.6) is 0 Å². The molecule has 90 valence electrons. The van der Waals surface area contributed by atoms with E-state index >= 15 is 0 Å². The Hall–Kier alpha value is -1.25. The molecule has 0 saturated carbocycles. The van der Waals surface area contributed by atoms with Gasteiger partial charge in [0.2, 0.25) is 5.91 Å². The molecule has 0 bridgehead atoms. The Bertz CT molecular complexity index is 353. The van der Waals surface area contributed by atoms with Crippen molar-refractivity contribution >= 4 is 5.91 Å². The van der Waals surface area contributed by atoms with Gasteiger partial charge in [-0.05, 0) is 37.8 Å². The van der Waals surface area contributed by atoms with E-state index in [4.69, 9.17) is 0 Å². The average Bonchev–Trinajstić information content (AvgIpc) is 2.44. The van der Waals surface area contributed by atoms with E-state index in [0.29, 0.717) is 12.3 Å². The largest absolute Gasteiger partial charge is 0.362 e. The van der Waals surface area contributed by atoms with Crippen LogP contribution < -0.4 is 5.32 Å². The number of amides is 1. The molecule has 3 heteroatoms. The number of aromatic nitrogens is 1. The highest BCUT2D eigenvalue weighted by Crippen LogP contribution is 2.09. The van der Waals surface area contributed by atoms with Gasteiger partial charge in [0.05, 0.1) is 6.42 Å². The second-order valence-electron chi connectivity index (χ2n) is 4.81. The van der Waals surface area contributed by atoms with Crippen LogP contribution in [0.4, 0.5) is 0 Å². The lowest BCUT2D eigenvalue weighted by molar-refractivity contribution is -0.120. The minimum absolute atomic E-state index is 0.114. The number of hydrogen-bond acceptors (Lipinski definition) is 1. The van der Waals surface area contributed by atoms with Crippen molar-refractivity contribution < 1.29 is 4.79 Å². The summed E-state index contributed by atoms with van der Waals surface area (Å²) in [5.74, 6) is 0.749. The highest BCUT2D eigenvalue weighted by atomic mass is 16.1. The lowest BCUT2D eigenvalue weighted by atomic mass is 10.1. The standard InChI is InChI=1S/C13H22N2O/c1-9(2)5-6-14-13(16)8-12-7-10(3)15-11(12)4/h7,9,15H,5-6,8H2,1-4H3,(H,14,16). The maximum atomic E-state index is 11.6. The number of nitrogens with one attached hydrogen (secondary N) is 2. The molecule has 0 aliphatic rings. The van der Waals surface area contributed by atoms with Gasteiger partial charge in [-0.2, -0.15) is 0 Å². The summed E-state index contributed by atoms with van der Waals surface area (Å²) in [4.78, 5) is 14.8. The molecule has 0 atom stereocenters. The summed E-state index contributed by atoms with van der Waals surface area (Å²) >= 11 is 0. The second-order valence-corrected chi connectivity index (χ2v) is 4.81. The van der Waals surface area contributed by atoms with E-state index in [-0.39, 0.29) is 5.91 Å². The van der Waals surface area contributed by atoms with E-state index in [0.717, 1.165) is 29.9 Å². The highest BCUT2D eigenvalue weighted by molar-refractivity contribution is 5.78. The van der Waals surface area contributed by atoms with Gasteiger partial charge in [0.25, 0.3) is 0 Å². The predicted molar refractivity (Wildman–Crippen MR) is 66.4 cm³/mol. The van der Waals surface area contributed by atoms with Crippen molar-refractivity contribution in [3.63, 3.8) is 0 Å². The summed E-state index contributed by atoms with van der Waals surface area (Å²) in [5, 5.41) is 2.95. The summed E-state index contributed by atoms with van der Waals surface area (Å²) < 4.78 is 0. The number of hydrogen-bond donors (Lipinski definition) is 2. The third-order valence-electron chi connectivity index (χ3n) is 2.65. The molecule has 1 rings (SSSR count). The number of rotatable bonds is 5. The van der Waals surface area contributed by atoms with Crippen LogP contribution in [0, 0.1) is 19.8 Å². The fourth-order valence-corrected chi connectivity index (χ4v) is 1.70. The highest BCUT2D eigenvalue weighted by Gasteiger charge is 2.07. The van der Waals surface area contributed by atoms with E-state index in [9.17, 15) is 4.79 Å². The molecule has 0 unspecified atom stereocenters. The van der Waals surface area contributed by atoms with Crippen molar-refractivity contribution in [2.24, 2.45) is 5.92 Å². The molecule has 0 spiro atoms. The van der Waals surface area contributed by atoms with Crippen molar-refractivity contribution in [2.75, 3.05) is 6.54 Å². The summed E-state index contributed by atoms with van der Waals surface area (Å²) in [5.41, 5.74) is 3.30. The Morgan fingerprint density at radius 3 is 2.62 bits per heavy atom. The van der Waals surface area contributed by atoms with Crippen molar-refractivity contribution in [3.05, 3.63) is 23.0 Å². The molecule has 0 fully saturated rings. The lowest BCUT2D eigenvalue weighted by Gasteiger charge is -2.06. The first-order chi connectivity index (χ1) is 7.49. The quantitative estimate of drug-likeness (QED) is 0.789. The Balaban J connectivity index is 2.37. The van der Waals surface area contributed by atoms with Gasteiger partial charge >= 0.3 is 0 Å². The zero-order valence-electron chi connectivity index (χ0n) is 10.7. The molecule has 0 aromatic carbocycles. The van der Waals surface area contributed by atoms with Crippen molar-refractivity contribution in [1.82, 2.24) is 10.3 Å². The maximum Gasteiger partial charge on any atom is 0.224 e. The van der Waals surface area contributed by atoms with Crippen LogP contribution in [0.15, 0.2) is 6.07 Å². The molecule has 2 N–H and O–H groups in total. The zero-order valence-corrected chi connectivity index (χ0v) is 10.7. The fourth-order valence-electron chi connectivity index (χ4n) is 1.70. The van der Waals surface area contributed by atoms with Gasteiger partial charge in [0.1, 0.15) is 0 Å². The van der Waals surface area contributed by atoms with E-state index in [1.165, 1.54) is 0 Å². The van der Waals surface area contributed by atoms with Gasteiger partial charge < -0.3 is 10.3 Å². The van der Waals surface area contributed by atoms with Gasteiger partial charge in [-0.25, -0.2) is 0 Å². The van der Waals surface area contributed by atoms with Gasteiger partial charge in [-0.1, -0.05) is 13.8 Å². The second kappa shape index (κ2) is 5.73. The summed E-state index contributed by atoms with van der Waals surface area (Å²) in [6.07, 6.45) is 1.52. The van der Waals surface area contributed by atoms with Crippen LogP contribution in [0.25, 0.3) is 0 Å². The topological polar surface area (TPSA) is 44.9 Å². The summed E-state index contributed by atoms with van der Waals surface area (Å²) in [6.45, 7) is 9.10. The van der Waals surface area contributed by atoms with E-state index in [1.807, 2.05) is 19.9 Å². The van der Waals surface area contributed by atoms with Crippen molar-refractivity contribution in [2.45, 2.75) is 40.5 Å². The Kier molecular flexibility index (Phi) is 4.59. The molecule has 1 amide bonds. The lowest BCUT2D eigenvalue weighted by Crippen LogP contribution is -2.26. The van der Waals surface area contributed by atoms with Crippen LogP contribution >= 0.6 is 0 Å². The molecule has 0 aliphatic heterocycles. The molecule has 16 heavy (non-hydrogen) atoms. The van der Waals surface area contributed by atoms with Crippen LogP contribution in [-0.4, -0.2) is 17.4 Å². The molecular formula is C13H22N2O. The zero-order chi connectivity index (χ0) is 12.1. The van der Waals surface area contributed by atoms with Crippen LogP contribution in [0.3, 0.4) is 0 Å². The van der Waals surface area contributed by atoms with Gasteiger partial charge in [-0.15, -0.1) is 0 Å². The SMILES string of the molecule is Cc1cc(CC(=O)NCCC(C)C)c(C)[nH]1. The molecule has 1 aromatic rings. The number of carbonyl (C=O) groups is 1. The molecule has 0 saturated heterocycles. The van der Waals surface area contributed by atoms with Gasteiger partial charge in [0, 0.05) is 17.9 Å². The van der Waals surface area contributed by atoms with Gasteiger partial charge in [0.15, 0.2) is 0 Å². The first kappa shape index (κ1) is 12.8. The monoisotopic (exact) mass is 222 g/mol. The molecule has 0 radical (unpaired) electrons. The van der Waals surface area contributed by atoms with Crippen molar-refractivity contribution in [3.8, 4) is 0 Å². The number of H-pyrrole nitrogens is 1. The smallest absolute Gasteiger partial charge is 0.224 e. The normalized spacial score (nSPS) is 10.8.